The molecule has 1 saturated heterocycles. The van der Waals surface area contributed by atoms with Gasteiger partial charge in [-0.2, -0.15) is 0 Å². The zero-order chi connectivity index (χ0) is 19.0. The molecule has 0 bridgehead atoms. The Morgan fingerprint density at radius 1 is 1.22 bits per heavy atom. The number of carbonyl (C=O) groups is 3. The van der Waals surface area contributed by atoms with Crippen molar-refractivity contribution in [3.63, 3.8) is 0 Å². The van der Waals surface area contributed by atoms with Gasteiger partial charge in [-0.3, -0.25) is 19.9 Å². The fraction of sp³-hybridized carbons (Fsp3) is 0.0526. The molecule has 1 N–H and O–H groups in total. The molecule has 0 unspecified atom stereocenters. The molecule has 0 saturated carbocycles. The van der Waals surface area contributed by atoms with Crippen LogP contribution in [0, 0.1) is 0 Å². The molecule has 1 fully saturated rings. The Morgan fingerprint density at radius 2 is 2.00 bits per heavy atom. The van der Waals surface area contributed by atoms with Crippen molar-refractivity contribution in [3.05, 3.63) is 59.0 Å². The predicted molar refractivity (Wildman–Crippen MR) is 99.9 cm³/mol. The van der Waals surface area contributed by atoms with Gasteiger partial charge < -0.3 is 9.15 Å². The largest absolute Gasteiger partial charge is 0.465 e. The lowest BCUT2D eigenvalue weighted by Crippen LogP contribution is -2.17. The lowest BCUT2D eigenvalue weighted by atomic mass is 10.0. The summed E-state index contributed by atoms with van der Waals surface area (Å²) in [7, 11) is 1.33. The lowest BCUT2D eigenvalue weighted by Gasteiger charge is -2.04. The van der Waals surface area contributed by atoms with E-state index in [2.05, 4.69) is 10.3 Å². The van der Waals surface area contributed by atoms with Crippen molar-refractivity contribution in [1.29, 1.82) is 0 Å². The minimum absolute atomic E-state index is 0.274. The van der Waals surface area contributed by atoms with Crippen molar-refractivity contribution in [2.24, 2.45) is 0 Å². The lowest BCUT2D eigenvalue weighted by molar-refractivity contribution is -0.115. The zero-order valence-corrected chi connectivity index (χ0v) is 14.8. The first-order valence-electron chi connectivity index (χ1n) is 7.86. The second-order valence-electron chi connectivity index (χ2n) is 5.68. The minimum Gasteiger partial charge on any atom is -0.465 e. The predicted octanol–water partition coefficient (Wildman–Crippen LogP) is 3.61. The summed E-state index contributed by atoms with van der Waals surface area (Å²) in [6, 6.07) is 8.64. The van der Waals surface area contributed by atoms with E-state index in [1.807, 2.05) is 0 Å². The Hall–Kier alpha value is -3.39. The van der Waals surface area contributed by atoms with Gasteiger partial charge in [0.05, 0.1) is 17.6 Å². The van der Waals surface area contributed by atoms with Crippen LogP contribution >= 0.6 is 11.8 Å². The van der Waals surface area contributed by atoms with Crippen LogP contribution in [0.4, 0.5) is 4.79 Å². The molecular formula is C19H12N2O5S. The third kappa shape index (κ3) is 3.22. The van der Waals surface area contributed by atoms with E-state index in [1.54, 1.807) is 42.7 Å². The van der Waals surface area contributed by atoms with Gasteiger partial charge in [0, 0.05) is 29.4 Å². The van der Waals surface area contributed by atoms with E-state index in [-0.39, 0.29) is 4.91 Å². The van der Waals surface area contributed by atoms with Gasteiger partial charge in [-0.15, -0.1) is 0 Å². The van der Waals surface area contributed by atoms with Crippen molar-refractivity contribution < 1.29 is 23.5 Å². The summed E-state index contributed by atoms with van der Waals surface area (Å²) in [5.41, 5.74) is 2.60. The van der Waals surface area contributed by atoms with Gasteiger partial charge in [0.1, 0.15) is 11.3 Å². The molecule has 2 amide bonds. The van der Waals surface area contributed by atoms with Crippen LogP contribution in [-0.4, -0.2) is 29.2 Å². The number of hydrogen-bond donors (Lipinski definition) is 1. The number of aromatic nitrogens is 1. The van der Waals surface area contributed by atoms with Crippen LogP contribution in [0.1, 0.15) is 16.1 Å². The fourth-order valence-electron chi connectivity index (χ4n) is 2.71. The molecule has 7 nitrogen and oxygen atoms in total. The van der Waals surface area contributed by atoms with E-state index in [0.717, 1.165) is 28.3 Å². The number of benzene rings is 1. The molecule has 0 spiro atoms. The third-order valence-corrected chi connectivity index (χ3v) is 4.78. The quantitative estimate of drug-likeness (QED) is 0.547. The number of nitrogens with zero attached hydrogens (tertiary/aromatic N) is 1. The van der Waals surface area contributed by atoms with E-state index in [4.69, 9.17) is 9.15 Å². The molecule has 4 rings (SSSR count). The van der Waals surface area contributed by atoms with Crippen LogP contribution in [0.15, 0.2) is 52.0 Å². The van der Waals surface area contributed by atoms with Crippen LogP contribution in [0.2, 0.25) is 0 Å². The van der Waals surface area contributed by atoms with Gasteiger partial charge in [0.25, 0.3) is 11.1 Å². The Kier molecular flexibility index (Phi) is 4.25. The van der Waals surface area contributed by atoms with Gasteiger partial charge >= 0.3 is 5.97 Å². The Labute approximate surface area is 157 Å². The molecule has 1 aliphatic rings. The number of imide groups is 1. The molecule has 0 radical (unpaired) electrons. The molecule has 1 aromatic carbocycles. The van der Waals surface area contributed by atoms with Crippen LogP contribution < -0.4 is 5.32 Å². The first-order chi connectivity index (χ1) is 13.0. The van der Waals surface area contributed by atoms with E-state index >= 15 is 0 Å². The highest BCUT2D eigenvalue weighted by Gasteiger charge is 2.25. The van der Waals surface area contributed by atoms with Crippen LogP contribution in [0.3, 0.4) is 0 Å². The average molecular weight is 380 g/mol. The number of furan rings is 1. The number of fused-ring (bicyclic) bond motifs is 1. The summed E-state index contributed by atoms with van der Waals surface area (Å²) in [5.74, 6) is -0.410. The summed E-state index contributed by atoms with van der Waals surface area (Å²) >= 11 is 0.828. The van der Waals surface area contributed by atoms with E-state index in [0.29, 0.717) is 16.9 Å². The smallest absolute Gasteiger partial charge is 0.337 e. The summed E-state index contributed by atoms with van der Waals surface area (Å²) in [4.78, 5) is 39.0. The SMILES string of the molecule is COC(=O)c1ccc(-c2cncc3cc(C=C4SC(=O)NC4=O)oc23)cc1. The maximum absolute atomic E-state index is 11.7. The number of methoxy groups -OCH3 is 1. The molecule has 1 aliphatic heterocycles. The van der Waals surface area contributed by atoms with Gasteiger partial charge in [0.2, 0.25) is 0 Å². The summed E-state index contributed by atoms with van der Waals surface area (Å²) < 4.78 is 10.6. The molecule has 8 heteroatoms. The van der Waals surface area contributed by atoms with Crippen molar-refractivity contribution in [3.8, 4) is 11.1 Å². The first-order valence-corrected chi connectivity index (χ1v) is 8.68. The van der Waals surface area contributed by atoms with Gasteiger partial charge in [-0.25, -0.2) is 4.79 Å². The summed E-state index contributed by atoms with van der Waals surface area (Å²) in [5, 5.41) is 2.55. The topological polar surface area (TPSA) is 98.5 Å². The van der Waals surface area contributed by atoms with Crippen molar-refractivity contribution >= 4 is 45.9 Å². The maximum Gasteiger partial charge on any atom is 0.337 e. The van der Waals surface area contributed by atoms with Crippen LogP contribution in [0.25, 0.3) is 28.2 Å². The number of esters is 1. The second kappa shape index (κ2) is 6.73. The number of amides is 2. The zero-order valence-electron chi connectivity index (χ0n) is 14.0. The molecule has 2 aromatic heterocycles. The molecule has 134 valence electrons. The maximum atomic E-state index is 11.7. The highest BCUT2D eigenvalue weighted by atomic mass is 32.2. The van der Waals surface area contributed by atoms with Crippen LogP contribution in [0.5, 0.6) is 0 Å². The Morgan fingerprint density at radius 3 is 2.67 bits per heavy atom. The number of hydrogen-bond acceptors (Lipinski definition) is 7. The van der Waals surface area contributed by atoms with Gasteiger partial charge in [-0.1, -0.05) is 12.1 Å². The normalized spacial score (nSPS) is 15.4. The number of nitrogens with one attached hydrogen (secondary N) is 1. The number of rotatable bonds is 3. The highest BCUT2D eigenvalue weighted by molar-refractivity contribution is 8.18. The fourth-order valence-corrected chi connectivity index (χ4v) is 3.38. The van der Waals surface area contributed by atoms with Crippen molar-refractivity contribution in [2.45, 2.75) is 0 Å². The summed E-state index contributed by atoms with van der Waals surface area (Å²) in [6.45, 7) is 0. The number of thioether (sulfide) groups is 1. The van der Waals surface area contributed by atoms with Crippen molar-refractivity contribution in [1.82, 2.24) is 10.3 Å². The molecule has 27 heavy (non-hydrogen) atoms. The van der Waals surface area contributed by atoms with E-state index in [9.17, 15) is 14.4 Å². The molecule has 3 aromatic rings. The van der Waals surface area contributed by atoms with E-state index < -0.39 is 17.1 Å². The van der Waals surface area contributed by atoms with Crippen molar-refractivity contribution in [2.75, 3.05) is 7.11 Å². The highest BCUT2D eigenvalue weighted by Crippen LogP contribution is 2.32. The number of carbonyl (C=O) groups excluding carboxylic acids is 3. The number of ether oxygens (including phenoxy) is 1. The summed E-state index contributed by atoms with van der Waals surface area (Å²) in [6.07, 6.45) is 4.84. The Bertz CT molecular complexity index is 1110. The first kappa shape index (κ1) is 17.0. The second-order valence-corrected chi connectivity index (χ2v) is 6.69. The standard InChI is InChI=1S/C19H12N2O5S/c1-25-18(23)11-4-2-10(3-5-11)14-9-20-8-12-6-13(26-16(12)14)7-15-17(22)21-19(24)27-15/h2-9H,1H3,(H,21,22,24). The molecule has 0 atom stereocenters. The Balaban J connectivity index is 1.73. The van der Waals surface area contributed by atoms with Gasteiger partial charge in [-0.05, 0) is 35.5 Å². The molecule has 0 aliphatic carbocycles. The molecule has 3 heterocycles. The monoisotopic (exact) mass is 380 g/mol. The van der Waals surface area contributed by atoms with Gasteiger partial charge in [0.15, 0.2) is 0 Å². The van der Waals surface area contributed by atoms with E-state index in [1.165, 1.54) is 13.2 Å². The average Bonchev–Trinajstić information content (AvgIpc) is 3.23. The van der Waals surface area contributed by atoms with Crippen LogP contribution in [-0.2, 0) is 9.53 Å². The third-order valence-electron chi connectivity index (χ3n) is 3.97. The molecular weight excluding hydrogens is 368 g/mol. The minimum atomic E-state index is -0.442. The number of pyridine rings is 1.